The molecule has 0 radical (unpaired) electrons. The van der Waals surface area contributed by atoms with Gasteiger partial charge >= 0.3 is 5.97 Å². The zero-order chi connectivity index (χ0) is 18.7. The van der Waals surface area contributed by atoms with Gasteiger partial charge in [0.15, 0.2) is 0 Å². The average molecular weight is 371 g/mol. The van der Waals surface area contributed by atoms with Crippen LogP contribution in [-0.2, 0) is 4.74 Å². The van der Waals surface area contributed by atoms with Crippen molar-refractivity contribution in [2.24, 2.45) is 0 Å². The third kappa shape index (κ3) is 3.62. The van der Waals surface area contributed by atoms with Crippen molar-refractivity contribution in [2.45, 2.75) is 20.8 Å². The second-order valence-electron chi connectivity index (χ2n) is 5.55. The Labute approximate surface area is 153 Å². The second kappa shape index (κ2) is 7.44. The van der Waals surface area contributed by atoms with Gasteiger partial charge in [0.2, 0.25) is 0 Å². The number of aryl methyl sites for hydroxylation is 2. The van der Waals surface area contributed by atoms with E-state index in [1.165, 1.54) is 22.3 Å². The third-order valence-electron chi connectivity index (χ3n) is 3.67. The predicted octanol–water partition coefficient (Wildman–Crippen LogP) is 2.77. The molecule has 1 aromatic carbocycles. The molecule has 0 saturated heterocycles. The van der Waals surface area contributed by atoms with E-state index in [2.05, 4.69) is 20.8 Å². The van der Waals surface area contributed by atoms with Gasteiger partial charge in [0.05, 0.1) is 17.3 Å². The molecular formula is C17H17N5O3S. The van der Waals surface area contributed by atoms with E-state index < -0.39 is 0 Å². The molecule has 9 heteroatoms. The van der Waals surface area contributed by atoms with E-state index in [-0.39, 0.29) is 11.9 Å². The van der Waals surface area contributed by atoms with Crippen molar-refractivity contribution in [1.82, 2.24) is 20.2 Å². The summed E-state index contributed by atoms with van der Waals surface area (Å²) in [6, 6.07) is 7.01. The number of thiophene rings is 1. The number of hydrogen-bond donors (Lipinski definition) is 1. The van der Waals surface area contributed by atoms with Crippen LogP contribution in [0.15, 0.2) is 30.6 Å². The molecule has 0 spiro atoms. The number of ether oxygens (including phenoxy) is 1. The van der Waals surface area contributed by atoms with E-state index in [9.17, 15) is 9.59 Å². The number of nitrogens with zero attached hydrogens (tertiary/aromatic N) is 4. The first kappa shape index (κ1) is 17.7. The lowest BCUT2D eigenvalue weighted by atomic mass is 10.1. The average Bonchev–Trinajstić information content (AvgIpc) is 3.25. The molecule has 134 valence electrons. The molecule has 3 aromatic rings. The molecule has 26 heavy (non-hydrogen) atoms. The maximum absolute atomic E-state index is 12.5. The molecule has 0 aliphatic rings. The molecule has 1 N–H and O–H groups in total. The highest BCUT2D eigenvalue weighted by molar-refractivity contribution is 7.18. The van der Waals surface area contributed by atoms with Gasteiger partial charge in [0.1, 0.15) is 11.2 Å². The quantitative estimate of drug-likeness (QED) is 0.693. The highest BCUT2D eigenvalue weighted by atomic mass is 32.1. The van der Waals surface area contributed by atoms with E-state index in [4.69, 9.17) is 4.74 Å². The standard InChI is InChI=1S/C17H17N5O3S/c1-4-25-17(24)15-11(3)8-14(26-15)19-16(23)12-5-6-13(10(2)7-12)22-9-18-20-21-22/h5-9H,4H2,1-3H3,(H,19,23). The molecule has 0 fully saturated rings. The van der Waals surface area contributed by atoms with Gasteiger partial charge in [0.25, 0.3) is 5.91 Å². The molecule has 0 atom stereocenters. The van der Waals surface area contributed by atoms with Crippen molar-refractivity contribution in [3.63, 3.8) is 0 Å². The van der Waals surface area contributed by atoms with Crippen LogP contribution in [0.25, 0.3) is 5.69 Å². The Morgan fingerprint density at radius 2 is 2.04 bits per heavy atom. The van der Waals surface area contributed by atoms with Crippen molar-refractivity contribution in [3.8, 4) is 5.69 Å². The second-order valence-corrected chi connectivity index (χ2v) is 6.61. The minimum atomic E-state index is -0.378. The van der Waals surface area contributed by atoms with Gasteiger partial charge in [-0.15, -0.1) is 16.4 Å². The minimum Gasteiger partial charge on any atom is -0.462 e. The molecule has 0 aliphatic heterocycles. The van der Waals surface area contributed by atoms with Crippen LogP contribution in [0.3, 0.4) is 0 Å². The van der Waals surface area contributed by atoms with E-state index in [0.717, 1.165) is 16.8 Å². The number of rotatable bonds is 5. The monoisotopic (exact) mass is 371 g/mol. The largest absolute Gasteiger partial charge is 0.462 e. The number of carbonyl (C=O) groups excluding carboxylic acids is 2. The van der Waals surface area contributed by atoms with Crippen LogP contribution in [0, 0.1) is 13.8 Å². The number of aromatic nitrogens is 4. The first-order valence-electron chi connectivity index (χ1n) is 7.92. The number of tetrazole rings is 1. The van der Waals surface area contributed by atoms with E-state index in [1.54, 1.807) is 31.2 Å². The van der Waals surface area contributed by atoms with Crippen LogP contribution < -0.4 is 5.32 Å². The summed E-state index contributed by atoms with van der Waals surface area (Å²) in [5.41, 5.74) is 2.93. The molecule has 1 amide bonds. The van der Waals surface area contributed by atoms with Crippen LogP contribution >= 0.6 is 11.3 Å². The first-order chi connectivity index (χ1) is 12.5. The lowest BCUT2D eigenvalue weighted by molar-refractivity contribution is 0.0531. The van der Waals surface area contributed by atoms with Crippen molar-refractivity contribution >= 4 is 28.2 Å². The van der Waals surface area contributed by atoms with Crippen molar-refractivity contribution < 1.29 is 14.3 Å². The van der Waals surface area contributed by atoms with E-state index in [1.807, 2.05) is 13.8 Å². The maximum Gasteiger partial charge on any atom is 0.348 e. The van der Waals surface area contributed by atoms with Gasteiger partial charge < -0.3 is 10.1 Å². The fourth-order valence-electron chi connectivity index (χ4n) is 2.45. The van der Waals surface area contributed by atoms with Crippen molar-refractivity contribution in [1.29, 1.82) is 0 Å². The number of esters is 1. The summed E-state index contributed by atoms with van der Waals surface area (Å²) in [5, 5.41) is 14.5. The minimum absolute atomic E-state index is 0.256. The number of nitrogens with one attached hydrogen (secondary N) is 1. The predicted molar refractivity (Wildman–Crippen MR) is 96.9 cm³/mol. The summed E-state index contributed by atoms with van der Waals surface area (Å²) in [7, 11) is 0. The summed E-state index contributed by atoms with van der Waals surface area (Å²) in [6.45, 7) is 5.75. The van der Waals surface area contributed by atoms with Gasteiger partial charge in [-0.1, -0.05) is 0 Å². The third-order valence-corrected chi connectivity index (χ3v) is 4.80. The van der Waals surface area contributed by atoms with Gasteiger partial charge in [-0.2, -0.15) is 0 Å². The molecule has 0 aliphatic carbocycles. The van der Waals surface area contributed by atoms with Gasteiger partial charge in [-0.3, -0.25) is 4.79 Å². The SMILES string of the molecule is CCOC(=O)c1sc(NC(=O)c2ccc(-n3cnnn3)c(C)c2)cc1C. The van der Waals surface area contributed by atoms with Gasteiger partial charge in [-0.05, 0) is 66.6 Å². The Morgan fingerprint density at radius 3 is 2.69 bits per heavy atom. The lowest BCUT2D eigenvalue weighted by Gasteiger charge is -2.07. The van der Waals surface area contributed by atoms with Crippen LogP contribution in [0.5, 0.6) is 0 Å². The molecule has 0 unspecified atom stereocenters. The number of carbonyl (C=O) groups is 2. The molecule has 0 saturated carbocycles. The zero-order valence-electron chi connectivity index (χ0n) is 14.5. The summed E-state index contributed by atoms with van der Waals surface area (Å²) < 4.78 is 6.55. The number of hydrogen-bond acceptors (Lipinski definition) is 7. The molecule has 0 bridgehead atoms. The Hall–Kier alpha value is -3.07. The van der Waals surface area contributed by atoms with E-state index >= 15 is 0 Å². The normalized spacial score (nSPS) is 10.6. The summed E-state index contributed by atoms with van der Waals surface area (Å²) in [4.78, 5) is 24.9. The fourth-order valence-corrected chi connectivity index (χ4v) is 3.41. The van der Waals surface area contributed by atoms with Crippen molar-refractivity contribution in [3.05, 3.63) is 52.2 Å². The number of benzene rings is 1. The molecule has 2 heterocycles. The Morgan fingerprint density at radius 1 is 1.23 bits per heavy atom. The number of amides is 1. The topological polar surface area (TPSA) is 99.0 Å². The zero-order valence-corrected chi connectivity index (χ0v) is 15.3. The van der Waals surface area contributed by atoms with Gasteiger partial charge in [0, 0.05) is 5.56 Å². The Kier molecular flexibility index (Phi) is 5.08. The Bertz CT molecular complexity index is 949. The molecular weight excluding hydrogens is 354 g/mol. The van der Waals surface area contributed by atoms with E-state index in [0.29, 0.717) is 22.0 Å². The molecule has 2 aromatic heterocycles. The molecule has 8 nitrogen and oxygen atoms in total. The summed E-state index contributed by atoms with van der Waals surface area (Å²) in [6.07, 6.45) is 1.49. The van der Waals surface area contributed by atoms with Crippen LogP contribution in [0.1, 0.15) is 38.1 Å². The summed E-state index contributed by atoms with van der Waals surface area (Å²) >= 11 is 1.20. The van der Waals surface area contributed by atoms with Gasteiger partial charge in [-0.25, -0.2) is 9.48 Å². The van der Waals surface area contributed by atoms with Crippen LogP contribution in [0.2, 0.25) is 0 Å². The number of anilines is 1. The Balaban J connectivity index is 1.77. The smallest absolute Gasteiger partial charge is 0.348 e. The maximum atomic E-state index is 12.5. The highest BCUT2D eigenvalue weighted by Gasteiger charge is 2.17. The van der Waals surface area contributed by atoms with Crippen molar-refractivity contribution in [2.75, 3.05) is 11.9 Å². The van der Waals surface area contributed by atoms with Crippen LogP contribution in [-0.4, -0.2) is 38.7 Å². The fraction of sp³-hybridized carbons (Fsp3) is 0.235. The highest BCUT2D eigenvalue weighted by Crippen LogP contribution is 2.28. The van der Waals surface area contributed by atoms with Crippen LogP contribution in [0.4, 0.5) is 5.00 Å². The summed E-state index contributed by atoms with van der Waals surface area (Å²) in [5.74, 6) is -0.634. The molecule has 3 rings (SSSR count). The lowest BCUT2D eigenvalue weighted by Crippen LogP contribution is -2.11. The first-order valence-corrected chi connectivity index (χ1v) is 8.74.